The molecule has 7 nitrogen and oxygen atoms in total. The van der Waals surface area contributed by atoms with Crippen molar-refractivity contribution in [3.63, 3.8) is 0 Å². The molecule has 0 unspecified atom stereocenters. The maximum atomic E-state index is 11.9. The summed E-state index contributed by atoms with van der Waals surface area (Å²) in [5.41, 5.74) is 8.03. The van der Waals surface area contributed by atoms with Crippen LogP contribution in [0.25, 0.3) is 0 Å². The lowest BCUT2D eigenvalue weighted by atomic mass is 9.97. The minimum Gasteiger partial charge on any atom is -0.383 e. The fourth-order valence-electron chi connectivity index (χ4n) is 3.95. The molecule has 0 radical (unpaired) electrons. The average molecular weight is 392 g/mol. The third kappa shape index (κ3) is 6.33. The van der Waals surface area contributed by atoms with Crippen molar-refractivity contribution in [3.8, 4) is 0 Å². The highest BCUT2D eigenvalue weighted by Crippen LogP contribution is 2.35. The molecule has 1 aromatic rings. The van der Waals surface area contributed by atoms with Crippen molar-refractivity contribution in [2.75, 3.05) is 37.2 Å². The van der Waals surface area contributed by atoms with Gasteiger partial charge in [-0.3, -0.25) is 10.1 Å². The summed E-state index contributed by atoms with van der Waals surface area (Å²) in [5, 5.41) is 15.1. The maximum absolute atomic E-state index is 11.9. The van der Waals surface area contributed by atoms with Crippen LogP contribution in [0, 0.1) is 10.1 Å². The fourth-order valence-corrected chi connectivity index (χ4v) is 3.95. The first kappa shape index (κ1) is 22.4. The Balaban J connectivity index is 2.14. The number of nitrogens with two attached hydrogens (primary N) is 1. The van der Waals surface area contributed by atoms with E-state index >= 15 is 0 Å². The monoisotopic (exact) mass is 391 g/mol. The Morgan fingerprint density at radius 3 is 2.32 bits per heavy atom. The molecule has 0 saturated carbocycles. The normalized spacial score (nSPS) is 14.9. The lowest BCUT2D eigenvalue weighted by molar-refractivity contribution is -0.384. The molecule has 2 heterocycles. The molecule has 1 saturated heterocycles. The highest BCUT2D eigenvalue weighted by Gasteiger charge is 2.26. The van der Waals surface area contributed by atoms with Crippen LogP contribution >= 0.6 is 0 Å². The number of hydrogen-bond donors (Lipinski definition) is 2. The van der Waals surface area contributed by atoms with E-state index in [2.05, 4.69) is 29.0 Å². The zero-order valence-electron chi connectivity index (χ0n) is 17.6. The molecule has 158 valence electrons. The Morgan fingerprint density at radius 1 is 1.07 bits per heavy atom. The van der Waals surface area contributed by atoms with E-state index in [1.807, 2.05) is 0 Å². The van der Waals surface area contributed by atoms with Gasteiger partial charge in [0.25, 0.3) is 0 Å². The number of anilines is 2. The van der Waals surface area contributed by atoms with Crippen molar-refractivity contribution < 1.29 is 4.92 Å². The number of pyridine rings is 1. The Bertz CT molecular complexity index is 630. The van der Waals surface area contributed by atoms with Crippen LogP contribution < -0.4 is 11.1 Å². The zero-order chi connectivity index (χ0) is 20.4. The smallest absolute Gasteiger partial charge is 0.314 e. The molecule has 2 rings (SSSR count). The van der Waals surface area contributed by atoms with Crippen LogP contribution in [-0.4, -0.2) is 41.0 Å². The lowest BCUT2D eigenvalue weighted by Crippen LogP contribution is -2.31. The molecule has 0 amide bonds. The average Bonchev–Trinajstić information content (AvgIpc) is 2.69. The summed E-state index contributed by atoms with van der Waals surface area (Å²) in [7, 11) is 0. The number of nitro groups is 1. The van der Waals surface area contributed by atoms with Gasteiger partial charge < -0.3 is 16.0 Å². The van der Waals surface area contributed by atoms with Gasteiger partial charge in [0.15, 0.2) is 0 Å². The van der Waals surface area contributed by atoms with Crippen LogP contribution in [0.15, 0.2) is 0 Å². The molecule has 28 heavy (non-hydrogen) atoms. The van der Waals surface area contributed by atoms with Crippen molar-refractivity contribution in [1.29, 1.82) is 0 Å². The third-order valence-electron chi connectivity index (χ3n) is 5.55. The van der Waals surface area contributed by atoms with Crippen molar-refractivity contribution >= 4 is 17.3 Å². The molecular weight excluding hydrogens is 354 g/mol. The van der Waals surface area contributed by atoms with E-state index in [4.69, 9.17) is 5.73 Å². The molecule has 0 atom stereocenters. The SMILES string of the molecule is CCCCc1c(N)nc(NCCCN2CCCCC2)c([N+](=O)[O-])c1CCCC. The first-order valence-corrected chi connectivity index (χ1v) is 11.0. The van der Waals surface area contributed by atoms with Crippen LogP contribution in [0.3, 0.4) is 0 Å². The van der Waals surface area contributed by atoms with E-state index in [0.29, 0.717) is 24.6 Å². The predicted molar refractivity (Wildman–Crippen MR) is 116 cm³/mol. The molecule has 1 aromatic heterocycles. The van der Waals surface area contributed by atoms with Crippen molar-refractivity contribution in [2.24, 2.45) is 0 Å². The van der Waals surface area contributed by atoms with E-state index in [1.165, 1.54) is 32.4 Å². The number of nitrogens with one attached hydrogen (secondary N) is 1. The fraction of sp³-hybridized carbons (Fsp3) is 0.762. The highest BCUT2D eigenvalue weighted by atomic mass is 16.6. The number of hydrogen-bond acceptors (Lipinski definition) is 6. The number of unbranched alkanes of at least 4 members (excludes halogenated alkanes) is 2. The Kier molecular flexibility index (Phi) is 9.47. The second-order valence-electron chi connectivity index (χ2n) is 7.80. The Labute approximate surface area is 169 Å². The summed E-state index contributed by atoms with van der Waals surface area (Å²) in [6.07, 6.45) is 10.2. The Hall–Kier alpha value is -1.89. The van der Waals surface area contributed by atoms with Gasteiger partial charge in [-0.15, -0.1) is 0 Å². The van der Waals surface area contributed by atoms with Gasteiger partial charge in [-0.25, -0.2) is 4.98 Å². The van der Waals surface area contributed by atoms with E-state index in [1.54, 1.807) is 0 Å². The van der Waals surface area contributed by atoms with Crippen molar-refractivity contribution in [1.82, 2.24) is 9.88 Å². The molecule has 0 aliphatic carbocycles. The molecule has 0 bridgehead atoms. The van der Waals surface area contributed by atoms with Gasteiger partial charge in [0, 0.05) is 17.7 Å². The standard InChI is InChI=1S/C21H37N5O2/c1-3-5-11-17-18(12-6-4-2)20(22)24-21(19(17)26(27)28)23-13-10-16-25-14-8-7-9-15-25/h3-16H2,1-2H3,(H3,22,23,24). The van der Waals surface area contributed by atoms with Gasteiger partial charge in [0.2, 0.25) is 5.82 Å². The van der Waals surface area contributed by atoms with Gasteiger partial charge in [-0.1, -0.05) is 33.1 Å². The number of piperidine rings is 1. The first-order valence-electron chi connectivity index (χ1n) is 11.0. The van der Waals surface area contributed by atoms with Crippen LogP contribution in [0.4, 0.5) is 17.3 Å². The minimum absolute atomic E-state index is 0.131. The van der Waals surface area contributed by atoms with Crippen molar-refractivity contribution in [3.05, 3.63) is 21.2 Å². The molecule has 1 aliphatic heterocycles. The molecule has 7 heteroatoms. The second-order valence-corrected chi connectivity index (χ2v) is 7.80. The maximum Gasteiger partial charge on any atom is 0.314 e. The molecule has 0 aromatic carbocycles. The van der Waals surface area contributed by atoms with Crippen LogP contribution in [0.1, 0.15) is 76.3 Å². The molecular formula is C21H37N5O2. The molecule has 1 fully saturated rings. The number of likely N-dealkylation sites (tertiary alicyclic amines) is 1. The summed E-state index contributed by atoms with van der Waals surface area (Å²) in [5.74, 6) is 0.788. The number of nitrogens with zero attached hydrogens (tertiary/aromatic N) is 3. The van der Waals surface area contributed by atoms with Crippen LogP contribution in [0.5, 0.6) is 0 Å². The second kappa shape index (κ2) is 11.8. The topological polar surface area (TPSA) is 97.3 Å². The van der Waals surface area contributed by atoms with E-state index < -0.39 is 0 Å². The van der Waals surface area contributed by atoms with E-state index in [-0.39, 0.29) is 10.6 Å². The number of nitrogen functional groups attached to an aromatic ring is 1. The minimum atomic E-state index is -0.278. The van der Waals surface area contributed by atoms with Gasteiger partial charge in [-0.05, 0) is 64.6 Å². The van der Waals surface area contributed by atoms with Crippen molar-refractivity contribution in [2.45, 2.75) is 78.1 Å². The molecule has 0 spiro atoms. The predicted octanol–water partition coefficient (Wildman–Crippen LogP) is 4.55. The largest absolute Gasteiger partial charge is 0.383 e. The van der Waals surface area contributed by atoms with Gasteiger partial charge >= 0.3 is 5.69 Å². The summed E-state index contributed by atoms with van der Waals surface area (Å²) in [6, 6.07) is 0. The summed E-state index contributed by atoms with van der Waals surface area (Å²) in [6.45, 7) is 8.24. The van der Waals surface area contributed by atoms with Crippen LogP contribution in [0.2, 0.25) is 0 Å². The molecule has 3 N–H and O–H groups in total. The number of aromatic nitrogens is 1. The van der Waals surface area contributed by atoms with E-state index in [9.17, 15) is 10.1 Å². The van der Waals surface area contributed by atoms with E-state index in [0.717, 1.165) is 56.2 Å². The Morgan fingerprint density at radius 2 is 1.71 bits per heavy atom. The zero-order valence-corrected chi connectivity index (χ0v) is 17.6. The third-order valence-corrected chi connectivity index (χ3v) is 5.55. The highest BCUT2D eigenvalue weighted by molar-refractivity contribution is 5.68. The lowest BCUT2D eigenvalue weighted by Gasteiger charge is -2.26. The van der Waals surface area contributed by atoms with Crippen LogP contribution in [-0.2, 0) is 12.8 Å². The summed E-state index contributed by atoms with van der Waals surface area (Å²) < 4.78 is 0. The van der Waals surface area contributed by atoms with Gasteiger partial charge in [0.1, 0.15) is 5.82 Å². The first-order chi connectivity index (χ1) is 13.6. The summed E-state index contributed by atoms with van der Waals surface area (Å²) >= 11 is 0. The molecule has 1 aliphatic rings. The van der Waals surface area contributed by atoms with Gasteiger partial charge in [0.05, 0.1) is 4.92 Å². The quantitative estimate of drug-likeness (QED) is 0.308. The van der Waals surface area contributed by atoms with Gasteiger partial charge in [-0.2, -0.15) is 0 Å². The number of rotatable bonds is 12. The summed E-state index contributed by atoms with van der Waals surface area (Å²) in [4.78, 5) is 18.5.